The minimum absolute atomic E-state index is 0.500. The van der Waals surface area contributed by atoms with Crippen molar-refractivity contribution in [3.8, 4) is 0 Å². The molecule has 2 aliphatic heterocycles. The molecule has 1 aromatic rings. The number of likely N-dealkylation sites (tertiary alicyclic amines) is 1. The molecule has 0 aliphatic carbocycles. The van der Waals surface area contributed by atoms with Crippen molar-refractivity contribution in [1.29, 1.82) is 0 Å². The van der Waals surface area contributed by atoms with Crippen LogP contribution >= 0.6 is 0 Å². The van der Waals surface area contributed by atoms with Crippen molar-refractivity contribution in [3.05, 3.63) is 30.1 Å². The molecule has 0 N–H and O–H groups in total. The van der Waals surface area contributed by atoms with Gasteiger partial charge in [0.1, 0.15) is 0 Å². The summed E-state index contributed by atoms with van der Waals surface area (Å²) in [7, 11) is 0. The van der Waals surface area contributed by atoms with Gasteiger partial charge in [0.25, 0.3) is 0 Å². The number of hydrogen-bond acceptors (Lipinski definition) is 4. The van der Waals surface area contributed by atoms with Crippen LogP contribution in [0.2, 0.25) is 0 Å². The predicted molar refractivity (Wildman–Crippen MR) is 72.9 cm³/mol. The Bertz CT molecular complexity index is 377. The van der Waals surface area contributed by atoms with Crippen LogP contribution in [0.15, 0.2) is 24.5 Å². The van der Waals surface area contributed by atoms with E-state index in [9.17, 15) is 0 Å². The van der Waals surface area contributed by atoms with Crippen molar-refractivity contribution in [2.24, 2.45) is 5.92 Å². The highest BCUT2D eigenvalue weighted by Crippen LogP contribution is 2.32. The van der Waals surface area contributed by atoms with Crippen LogP contribution in [0.1, 0.15) is 24.4 Å². The zero-order valence-corrected chi connectivity index (χ0v) is 11.3. The first-order valence-corrected chi connectivity index (χ1v) is 7.23. The molecule has 19 heavy (non-hydrogen) atoms. The summed E-state index contributed by atoms with van der Waals surface area (Å²) in [6, 6.07) is 4.75. The average Bonchev–Trinajstić information content (AvgIpc) is 2.75. The first-order valence-electron chi connectivity index (χ1n) is 7.23. The van der Waals surface area contributed by atoms with Gasteiger partial charge >= 0.3 is 0 Å². The number of pyridine rings is 1. The van der Waals surface area contributed by atoms with Gasteiger partial charge in [-0.3, -0.25) is 9.88 Å². The second-order valence-electron chi connectivity index (χ2n) is 5.46. The normalized spacial score (nSPS) is 26.4. The molecule has 1 unspecified atom stereocenters. The van der Waals surface area contributed by atoms with Crippen LogP contribution in [0, 0.1) is 5.92 Å². The van der Waals surface area contributed by atoms with Crippen LogP contribution in [-0.2, 0) is 9.47 Å². The maximum absolute atomic E-state index is 5.59. The molecule has 2 saturated heterocycles. The highest BCUT2D eigenvalue weighted by molar-refractivity contribution is 5.15. The Morgan fingerprint density at radius 1 is 1.26 bits per heavy atom. The van der Waals surface area contributed by atoms with E-state index in [0.29, 0.717) is 12.0 Å². The third-order valence-corrected chi connectivity index (χ3v) is 4.00. The van der Waals surface area contributed by atoms with Crippen LogP contribution in [0.25, 0.3) is 0 Å². The number of hydrogen-bond donors (Lipinski definition) is 0. The molecule has 0 aromatic carbocycles. The van der Waals surface area contributed by atoms with E-state index < -0.39 is 0 Å². The van der Waals surface area contributed by atoms with E-state index in [-0.39, 0.29) is 0 Å². The van der Waals surface area contributed by atoms with E-state index in [2.05, 4.69) is 16.0 Å². The minimum Gasteiger partial charge on any atom is -0.379 e. The van der Waals surface area contributed by atoms with Crippen molar-refractivity contribution in [3.63, 3.8) is 0 Å². The SMILES string of the molecule is c1cncc(C2CCCN2CC2COCCOC2)c1. The van der Waals surface area contributed by atoms with Gasteiger partial charge in [-0.1, -0.05) is 6.07 Å². The van der Waals surface area contributed by atoms with Crippen LogP contribution in [0.3, 0.4) is 0 Å². The Morgan fingerprint density at radius 2 is 2.11 bits per heavy atom. The number of nitrogens with zero attached hydrogens (tertiary/aromatic N) is 2. The first kappa shape index (κ1) is 13.0. The number of ether oxygens (including phenoxy) is 2. The molecule has 4 heteroatoms. The van der Waals surface area contributed by atoms with Gasteiger partial charge in [0.2, 0.25) is 0 Å². The second-order valence-corrected chi connectivity index (χ2v) is 5.46. The Kier molecular flexibility index (Phi) is 4.43. The van der Waals surface area contributed by atoms with Crippen LogP contribution in [0.5, 0.6) is 0 Å². The quantitative estimate of drug-likeness (QED) is 0.833. The number of rotatable bonds is 3. The van der Waals surface area contributed by atoms with E-state index in [1.54, 1.807) is 0 Å². The Hall–Kier alpha value is -0.970. The van der Waals surface area contributed by atoms with Gasteiger partial charge in [-0.2, -0.15) is 0 Å². The van der Waals surface area contributed by atoms with Crippen molar-refractivity contribution < 1.29 is 9.47 Å². The smallest absolute Gasteiger partial charge is 0.0700 e. The fraction of sp³-hybridized carbons (Fsp3) is 0.667. The fourth-order valence-electron chi connectivity index (χ4n) is 3.10. The minimum atomic E-state index is 0.500. The van der Waals surface area contributed by atoms with Crippen molar-refractivity contribution in [1.82, 2.24) is 9.88 Å². The van der Waals surface area contributed by atoms with Gasteiger partial charge in [0, 0.05) is 30.9 Å². The summed E-state index contributed by atoms with van der Waals surface area (Å²) in [6.07, 6.45) is 6.35. The van der Waals surface area contributed by atoms with E-state index in [0.717, 1.165) is 33.0 Å². The Balaban J connectivity index is 1.63. The fourth-order valence-corrected chi connectivity index (χ4v) is 3.10. The largest absolute Gasteiger partial charge is 0.379 e. The predicted octanol–water partition coefficient (Wildman–Crippen LogP) is 1.88. The second kappa shape index (κ2) is 6.46. The molecule has 104 valence electrons. The summed E-state index contributed by atoms with van der Waals surface area (Å²) in [5, 5.41) is 0. The highest BCUT2D eigenvalue weighted by Gasteiger charge is 2.28. The maximum Gasteiger partial charge on any atom is 0.0700 e. The van der Waals surface area contributed by atoms with Gasteiger partial charge in [-0.25, -0.2) is 0 Å². The highest BCUT2D eigenvalue weighted by atomic mass is 16.5. The van der Waals surface area contributed by atoms with Crippen LogP contribution < -0.4 is 0 Å². The monoisotopic (exact) mass is 262 g/mol. The average molecular weight is 262 g/mol. The van der Waals surface area contributed by atoms with E-state index in [4.69, 9.17) is 9.47 Å². The van der Waals surface area contributed by atoms with Crippen molar-refractivity contribution in [2.45, 2.75) is 18.9 Å². The summed E-state index contributed by atoms with van der Waals surface area (Å²) in [5.41, 5.74) is 1.34. The lowest BCUT2D eigenvalue weighted by Crippen LogP contribution is -2.32. The lowest BCUT2D eigenvalue weighted by Gasteiger charge is -2.28. The van der Waals surface area contributed by atoms with Gasteiger partial charge in [-0.15, -0.1) is 0 Å². The molecule has 2 fully saturated rings. The van der Waals surface area contributed by atoms with Gasteiger partial charge in [0.05, 0.1) is 26.4 Å². The third kappa shape index (κ3) is 3.32. The summed E-state index contributed by atoms with van der Waals surface area (Å²) < 4.78 is 11.2. The van der Waals surface area contributed by atoms with Crippen LogP contribution in [0.4, 0.5) is 0 Å². The zero-order chi connectivity index (χ0) is 12.9. The van der Waals surface area contributed by atoms with Gasteiger partial charge in [-0.05, 0) is 31.0 Å². The molecule has 0 bridgehead atoms. The molecule has 3 heterocycles. The molecule has 3 rings (SSSR count). The van der Waals surface area contributed by atoms with E-state index >= 15 is 0 Å². The lowest BCUT2D eigenvalue weighted by atomic mass is 10.1. The molecule has 1 aromatic heterocycles. The lowest BCUT2D eigenvalue weighted by molar-refractivity contribution is 0.0998. The Labute approximate surface area is 114 Å². The molecular weight excluding hydrogens is 240 g/mol. The van der Waals surface area contributed by atoms with Crippen molar-refractivity contribution in [2.75, 3.05) is 39.5 Å². The topological polar surface area (TPSA) is 34.6 Å². The maximum atomic E-state index is 5.59. The summed E-state index contributed by atoms with van der Waals surface area (Å²) >= 11 is 0. The van der Waals surface area contributed by atoms with Gasteiger partial charge < -0.3 is 9.47 Å². The van der Waals surface area contributed by atoms with Crippen molar-refractivity contribution >= 4 is 0 Å². The number of aromatic nitrogens is 1. The molecule has 4 nitrogen and oxygen atoms in total. The van der Waals surface area contributed by atoms with Gasteiger partial charge in [0.15, 0.2) is 0 Å². The Morgan fingerprint density at radius 3 is 2.84 bits per heavy atom. The molecular formula is C15H22N2O2. The van der Waals surface area contributed by atoms with Crippen LogP contribution in [-0.4, -0.2) is 49.4 Å². The zero-order valence-electron chi connectivity index (χ0n) is 11.3. The first-order chi connectivity index (χ1) is 9.43. The molecule has 0 amide bonds. The molecule has 0 radical (unpaired) electrons. The molecule has 1 atom stereocenters. The standard InChI is InChI=1S/C15H22N2O2/c1-3-14(9-16-5-1)15-4-2-6-17(15)10-13-11-18-7-8-19-12-13/h1,3,5,9,13,15H,2,4,6-8,10-12H2. The summed E-state index contributed by atoms with van der Waals surface area (Å²) in [5.74, 6) is 0.500. The molecule has 2 aliphatic rings. The van der Waals surface area contributed by atoms with E-state index in [1.165, 1.54) is 24.9 Å². The molecule has 0 saturated carbocycles. The van der Waals surface area contributed by atoms with E-state index in [1.807, 2.05) is 18.5 Å². The third-order valence-electron chi connectivity index (χ3n) is 4.00. The molecule has 0 spiro atoms. The summed E-state index contributed by atoms with van der Waals surface area (Å²) in [6.45, 7) is 5.38. The summed E-state index contributed by atoms with van der Waals surface area (Å²) in [4.78, 5) is 6.82.